The molecule has 0 fully saturated rings. The van der Waals surface area contributed by atoms with Crippen LogP contribution in [0.3, 0.4) is 0 Å². The summed E-state index contributed by atoms with van der Waals surface area (Å²) in [5.41, 5.74) is 2.40. The van der Waals surface area contributed by atoms with Gasteiger partial charge in [0.15, 0.2) is 0 Å². The van der Waals surface area contributed by atoms with Gasteiger partial charge in [-0.25, -0.2) is 4.68 Å². The summed E-state index contributed by atoms with van der Waals surface area (Å²) >= 11 is 1.47. The number of aryl methyl sites for hydroxylation is 1. The number of thiophene rings is 1. The van der Waals surface area contributed by atoms with E-state index >= 15 is 0 Å². The first-order chi connectivity index (χ1) is 9.81. The first-order valence-electron chi connectivity index (χ1n) is 6.38. The quantitative estimate of drug-likeness (QED) is 0.691. The highest BCUT2D eigenvalue weighted by molar-refractivity contribution is 7.12. The zero-order valence-electron chi connectivity index (χ0n) is 11.0. The highest BCUT2D eigenvalue weighted by Gasteiger charge is 2.19. The summed E-state index contributed by atoms with van der Waals surface area (Å²) in [6.45, 7) is 2.05. The van der Waals surface area contributed by atoms with E-state index in [-0.39, 0.29) is 5.78 Å². The Kier molecular flexibility index (Phi) is 3.43. The van der Waals surface area contributed by atoms with Crippen molar-refractivity contribution in [3.63, 3.8) is 0 Å². The lowest BCUT2D eigenvalue weighted by Crippen LogP contribution is -2.10. The molecule has 0 N–H and O–H groups in total. The van der Waals surface area contributed by atoms with Crippen LogP contribution >= 0.6 is 11.3 Å². The van der Waals surface area contributed by atoms with Gasteiger partial charge in [-0.2, -0.15) is 0 Å². The second kappa shape index (κ2) is 5.38. The van der Waals surface area contributed by atoms with E-state index in [2.05, 4.69) is 10.3 Å². The number of nitrogens with zero attached hydrogens (tertiary/aromatic N) is 3. The van der Waals surface area contributed by atoms with Gasteiger partial charge in [-0.3, -0.25) is 4.79 Å². The summed E-state index contributed by atoms with van der Waals surface area (Å²) in [6.07, 6.45) is 2.37. The molecule has 4 nitrogen and oxygen atoms in total. The maximum absolute atomic E-state index is 12.7. The predicted octanol–water partition coefficient (Wildman–Crippen LogP) is 3.12. The predicted molar refractivity (Wildman–Crippen MR) is 78.5 cm³/mol. The van der Waals surface area contributed by atoms with Crippen LogP contribution in [-0.2, 0) is 6.42 Å². The SMILES string of the molecule is CCc1ccsc1C(=O)c1cnnn1-c1ccccc1. The number of rotatable bonds is 4. The average Bonchev–Trinajstić information content (AvgIpc) is 3.16. The zero-order chi connectivity index (χ0) is 13.9. The summed E-state index contributed by atoms with van der Waals surface area (Å²) in [7, 11) is 0. The Bertz CT molecular complexity index is 730. The Labute approximate surface area is 120 Å². The molecule has 0 aliphatic heterocycles. The van der Waals surface area contributed by atoms with E-state index in [1.165, 1.54) is 17.5 Å². The zero-order valence-corrected chi connectivity index (χ0v) is 11.8. The molecule has 0 saturated heterocycles. The Morgan fingerprint density at radius 2 is 2.05 bits per heavy atom. The third-order valence-electron chi connectivity index (χ3n) is 3.12. The Morgan fingerprint density at radius 3 is 2.80 bits per heavy atom. The van der Waals surface area contributed by atoms with Gasteiger partial charge in [0, 0.05) is 0 Å². The van der Waals surface area contributed by atoms with Crippen molar-refractivity contribution in [2.75, 3.05) is 0 Å². The molecule has 0 atom stereocenters. The minimum atomic E-state index is -0.0225. The fourth-order valence-electron chi connectivity index (χ4n) is 2.08. The van der Waals surface area contributed by atoms with Crippen molar-refractivity contribution in [3.05, 3.63) is 64.1 Å². The molecule has 3 rings (SSSR count). The van der Waals surface area contributed by atoms with Gasteiger partial charge in [0.25, 0.3) is 0 Å². The van der Waals surface area contributed by atoms with Gasteiger partial charge in [0.2, 0.25) is 5.78 Å². The first-order valence-corrected chi connectivity index (χ1v) is 7.26. The number of hydrogen-bond donors (Lipinski definition) is 0. The molecular formula is C15H13N3OS. The van der Waals surface area contributed by atoms with Crippen molar-refractivity contribution in [1.29, 1.82) is 0 Å². The molecule has 100 valence electrons. The van der Waals surface area contributed by atoms with Crippen molar-refractivity contribution >= 4 is 17.1 Å². The molecule has 2 aromatic heterocycles. The van der Waals surface area contributed by atoms with E-state index < -0.39 is 0 Å². The van der Waals surface area contributed by atoms with Gasteiger partial charge in [-0.15, -0.1) is 16.4 Å². The van der Waals surface area contributed by atoms with Crippen LogP contribution in [0.2, 0.25) is 0 Å². The third kappa shape index (κ3) is 2.16. The Morgan fingerprint density at radius 1 is 1.25 bits per heavy atom. The lowest BCUT2D eigenvalue weighted by atomic mass is 10.1. The molecule has 0 aliphatic carbocycles. The largest absolute Gasteiger partial charge is 0.286 e. The second-order valence-corrected chi connectivity index (χ2v) is 5.24. The van der Waals surface area contributed by atoms with Crippen LogP contribution in [-0.4, -0.2) is 20.8 Å². The number of carbonyl (C=O) groups excluding carboxylic acids is 1. The molecule has 2 heterocycles. The van der Waals surface area contributed by atoms with Gasteiger partial charge in [-0.05, 0) is 35.6 Å². The molecule has 5 heteroatoms. The minimum Gasteiger partial charge on any atom is -0.286 e. The molecule has 0 aliphatic rings. The van der Waals surface area contributed by atoms with Crippen molar-refractivity contribution in [3.8, 4) is 5.69 Å². The average molecular weight is 283 g/mol. The van der Waals surface area contributed by atoms with E-state index in [1.54, 1.807) is 4.68 Å². The minimum absolute atomic E-state index is 0.0225. The second-order valence-electron chi connectivity index (χ2n) is 4.32. The maximum atomic E-state index is 12.7. The van der Waals surface area contributed by atoms with Crippen molar-refractivity contribution in [1.82, 2.24) is 15.0 Å². The van der Waals surface area contributed by atoms with E-state index in [4.69, 9.17) is 0 Å². The van der Waals surface area contributed by atoms with E-state index in [0.717, 1.165) is 22.5 Å². The van der Waals surface area contributed by atoms with Crippen LogP contribution in [0.15, 0.2) is 48.0 Å². The summed E-state index contributed by atoms with van der Waals surface area (Å²) in [4.78, 5) is 13.4. The monoisotopic (exact) mass is 283 g/mol. The fraction of sp³-hybridized carbons (Fsp3) is 0.133. The third-order valence-corrected chi connectivity index (χ3v) is 4.07. The molecule has 0 spiro atoms. The number of hydrogen-bond acceptors (Lipinski definition) is 4. The molecular weight excluding hydrogens is 270 g/mol. The molecule has 0 radical (unpaired) electrons. The van der Waals surface area contributed by atoms with E-state index in [0.29, 0.717) is 5.69 Å². The number of para-hydroxylation sites is 1. The Balaban J connectivity index is 2.04. The molecule has 20 heavy (non-hydrogen) atoms. The van der Waals surface area contributed by atoms with Crippen LogP contribution in [0, 0.1) is 0 Å². The van der Waals surface area contributed by atoms with Gasteiger partial charge in [0.1, 0.15) is 5.69 Å². The van der Waals surface area contributed by atoms with Crippen molar-refractivity contribution < 1.29 is 4.79 Å². The highest BCUT2D eigenvalue weighted by atomic mass is 32.1. The number of ketones is 1. The highest BCUT2D eigenvalue weighted by Crippen LogP contribution is 2.22. The van der Waals surface area contributed by atoms with Crippen LogP contribution in [0.5, 0.6) is 0 Å². The van der Waals surface area contributed by atoms with E-state index in [1.807, 2.05) is 48.7 Å². The van der Waals surface area contributed by atoms with Gasteiger partial charge >= 0.3 is 0 Å². The van der Waals surface area contributed by atoms with Crippen LogP contribution in [0.25, 0.3) is 5.69 Å². The molecule has 1 aromatic carbocycles. The number of benzene rings is 1. The van der Waals surface area contributed by atoms with Crippen molar-refractivity contribution in [2.24, 2.45) is 0 Å². The topological polar surface area (TPSA) is 47.8 Å². The standard InChI is InChI=1S/C15H13N3OS/c1-2-11-8-9-20-15(11)14(19)13-10-16-17-18(13)12-6-4-3-5-7-12/h3-10H,2H2,1H3. The summed E-state index contributed by atoms with van der Waals surface area (Å²) in [5.74, 6) is -0.0225. The van der Waals surface area contributed by atoms with Crippen LogP contribution < -0.4 is 0 Å². The molecule has 0 saturated carbocycles. The summed E-state index contributed by atoms with van der Waals surface area (Å²) in [6, 6.07) is 11.5. The normalized spacial score (nSPS) is 10.7. The first kappa shape index (κ1) is 12.7. The molecule has 0 amide bonds. The van der Waals surface area contributed by atoms with Crippen LogP contribution in [0.4, 0.5) is 0 Å². The van der Waals surface area contributed by atoms with Gasteiger partial charge in [-0.1, -0.05) is 30.3 Å². The Hall–Kier alpha value is -2.27. The maximum Gasteiger partial charge on any atom is 0.223 e. The molecule has 0 bridgehead atoms. The van der Waals surface area contributed by atoms with E-state index in [9.17, 15) is 4.79 Å². The fourth-order valence-corrected chi connectivity index (χ4v) is 3.02. The van der Waals surface area contributed by atoms with Crippen molar-refractivity contribution in [2.45, 2.75) is 13.3 Å². The number of carbonyl (C=O) groups is 1. The summed E-state index contributed by atoms with van der Waals surface area (Å²) < 4.78 is 1.58. The van der Waals surface area contributed by atoms with Gasteiger partial charge < -0.3 is 0 Å². The lowest BCUT2D eigenvalue weighted by Gasteiger charge is -2.05. The number of aromatic nitrogens is 3. The van der Waals surface area contributed by atoms with Crippen LogP contribution in [0.1, 0.15) is 27.9 Å². The smallest absolute Gasteiger partial charge is 0.223 e. The van der Waals surface area contributed by atoms with Gasteiger partial charge in [0.05, 0.1) is 16.8 Å². The summed E-state index contributed by atoms with van der Waals surface area (Å²) in [5, 5.41) is 9.85. The lowest BCUT2D eigenvalue weighted by molar-refractivity contribution is 0.103. The molecule has 3 aromatic rings. The molecule has 0 unspecified atom stereocenters.